The highest BCUT2D eigenvalue weighted by Gasteiger charge is 2.47. The summed E-state index contributed by atoms with van der Waals surface area (Å²) in [4.78, 5) is 24.1. The van der Waals surface area contributed by atoms with Gasteiger partial charge in [0.25, 0.3) is 0 Å². The number of rotatable bonds is 5. The minimum Gasteiger partial charge on any atom is -0.507 e. The summed E-state index contributed by atoms with van der Waals surface area (Å²) in [7, 11) is 1.09. The van der Waals surface area contributed by atoms with Gasteiger partial charge in [0.05, 0.1) is 12.7 Å². The second-order valence-electron chi connectivity index (χ2n) is 6.90. The van der Waals surface area contributed by atoms with Crippen molar-refractivity contribution in [1.29, 1.82) is 0 Å². The lowest BCUT2D eigenvalue weighted by molar-refractivity contribution is -0.319. The summed E-state index contributed by atoms with van der Waals surface area (Å²) in [6.45, 7) is 0. The number of methoxy groups -OCH3 is 1. The number of aliphatic hydroxyl groups is 3. The van der Waals surface area contributed by atoms with Crippen LogP contribution in [-0.2, 0) is 14.2 Å². The number of aromatic hydroxyl groups is 4. The molecule has 1 saturated heterocycles. The van der Waals surface area contributed by atoms with E-state index in [0.29, 0.717) is 0 Å². The van der Waals surface area contributed by atoms with Gasteiger partial charge in [0.1, 0.15) is 35.4 Å². The molecule has 0 aliphatic carbocycles. The maximum Gasteiger partial charge on any atom is 0.341 e. The van der Waals surface area contributed by atoms with E-state index in [0.717, 1.165) is 31.4 Å². The summed E-state index contributed by atoms with van der Waals surface area (Å²) < 4.78 is 20.1. The Kier molecular flexibility index (Phi) is 6.78. The second kappa shape index (κ2) is 9.38. The van der Waals surface area contributed by atoms with Crippen LogP contribution in [0.5, 0.6) is 28.7 Å². The van der Waals surface area contributed by atoms with Gasteiger partial charge < -0.3 is 50.0 Å². The van der Waals surface area contributed by atoms with Crippen molar-refractivity contribution in [3.05, 3.63) is 41.5 Å². The van der Waals surface area contributed by atoms with E-state index in [4.69, 9.17) is 14.2 Å². The highest BCUT2D eigenvalue weighted by Crippen LogP contribution is 2.36. The summed E-state index contributed by atoms with van der Waals surface area (Å²) >= 11 is 0. The maximum absolute atomic E-state index is 12.3. The van der Waals surface area contributed by atoms with Crippen LogP contribution < -0.4 is 4.74 Å². The number of hydrogen-bond acceptors (Lipinski definition) is 13. The van der Waals surface area contributed by atoms with Crippen molar-refractivity contribution >= 4 is 11.9 Å². The van der Waals surface area contributed by atoms with Gasteiger partial charge in [0.15, 0.2) is 17.2 Å². The maximum atomic E-state index is 12.3. The Labute approximate surface area is 185 Å². The minimum atomic E-state index is -1.92. The van der Waals surface area contributed by atoms with Crippen LogP contribution in [0.25, 0.3) is 0 Å². The zero-order valence-electron chi connectivity index (χ0n) is 16.9. The van der Waals surface area contributed by atoms with Gasteiger partial charge in [-0.25, -0.2) is 9.59 Å². The van der Waals surface area contributed by atoms with E-state index in [1.165, 1.54) is 6.07 Å². The zero-order chi connectivity index (χ0) is 24.4. The first-order valence-electron chi connectivity index (χ1n) is 9.27. The normalized spacial score (nSPS) is 24.7. The Hall–Kier alpha value is -3.78. The summed E-state index contributed by atoms with van der Waals surface area (Å²) in [5.74, 6) is -5.15. The van der Waals surface area contributed by atoms with Gasteiger partial charge in [-0.05, 0) is 30.3 Å². The van der Waals surface area contributed by atoms with Gasteiger partial charge in [0.2, 0.25) is 12.6 Å². The van der Waals surface area contributed by atoms with Crippen molar-refractivity contribution < 1.29 is 64.3 Å². The van der Waals surface area contributed by atoms with Crippen LogP contribution in [0, 0.1) is 0 Å². The standard InChI is InChI=1S/C20H20O13/c1-30-18(29)9-6-8(2-3-10(9)21)31-19-15(26)14(25)16(27)20(33-19)32-17(28)7-4-11(22)13(24)12(23)5-7/h2-6,14-16,19-27H,1H3. The number of benzene rings is 2. The van der Waals surface area contributed by atoms with Gasteiger partial charge in [-0.3, -0.25) is 4.74 Å². The number of ether oxygens (including phenoxy) is 4. The summed E-state index contributed by atoms with van der Waals surface area (Å²) in [5.41, 5.74) is -0.700. The van der Waals surface area contributed by atoms with Gasteiger partial charge in [-0.1, -0.05) is 0 Å². The molecule has 7 N–H and O–H groups in total. The number of phenolic OH excluding ortho intramolecular Hbond substituents is 4. The summed E-state index contributed by atoms with van der Waals surface area (Å²) in [5, 5.41) is 68.6. The van der Waals surface area contributed by atoms with Crippen molar-refractivity contribution in [3.8, 4) is 28.7 Å². The number of carbonyl (C=O) groups excluding carboxylic acids is 2. The highest BCUT2D eigenvalue weighted by molar-refractivity contribution is 5.93. The van der Waals surface area contributed by atoms with Crippen molar-refractivity contribution in [1.82, 2.24) is 0 Å². The van der Waals surface area contributed by atoms with Gasteiger partial charge in [-0.2, -0.15) is 0 Å². The number of hydrogen-bond donors (Lipinski definition) is 7. The molecule has 13 heteroatoms. The van der Waals surface area contributed by atoms with Crippen LogP contribution in [0.2, 0.25) is 0 Å². The smallest absolute Gasteiger partial charge is 0.341 e. The molecule has 0 saturated carbocycles. The van der Waals surface area contributed by atoms with E-state index in [1.54, 1.807) is 0 Å². The molecule has 2 aromatic carbocycles. The largest absolute Gasteiger partial charge is 0.507 e. The predicted molar refractivity (Wildman–Crippen MR) is 104 cm³/mol. The van der Waals surface area contributed by atoms with E-state index in [-0.39, 0.29) is 11.3 Å². The molecule has 178 valence electrons. The van der Waals surface area contributed by atoms with Crippen LogP contribution in [0.15, 0.2) is 30.3 Å². The van der Waals surface area contributed by atoms with Crippen LogP contribution >= 0.6 is 0 Å². The first-order valence-corrected chi connectivity index (χ1v) is 9.27. The first-order chi connectivity index (χ1) is 15.5. The minimum absolute atomic E-state index is 0.112. The third kappa shape index (κ3) is 4.85. The monoisotopic (exact) mass is 468 g/mol. The van der Waals surface area contributed by atoms with E-state index in [1.807, 2.05) is 0 Å². The summed E-state index contributed by atoms with van der Waals surface area (Å²) in [6, 6.07) is 4.92. The molecule has 1 aliphatic heterocycles. The molecule has 0 amide bonds. The molecule has 3 rings (SSSR count). The molecule has 0 radical (unpaired) electrons. The molecule has 0 bridgehead atoms. The zero-order valence-corrected chi connectivity index (χ0v) is 16.9. The number of phenols is 4. The molecular weight excluding hydrogens is 448 g/mol. The fraction of sp³-hybridized carbons (Fsp3) is 0.300. The van der Waals surface area contributed by atoms with Gasteiger partial charge in [0, 0.05) is 0 Å². The Morgan fingerprint density at radius 2 is 1.42 bits per heavy atom. The molecule has 1 fully saturated rings. The first kappa shape index (κ1) is 23.9. The fourth-order valence-corrected chi connectivity index (χ4v) is 2.90. The average Bonchev–Trinajstić information content (AvgIpc) is 2.79. The van der Waals surface area contributed by atoms with Crippen molar-refractivity contribution in [2.24, 2.45) is 0 Å². The third-order valence-corrected chi connectivity index (χ3v) is 4.68. The molecular formula is C20H20O13. The lowest BCUT2D eigenvalue weighted by atomic mass is 10.0. The van der Waals surface area contributed by atoms with Crippen molar-refractivity contribution in [3.63, 3.8) is 0 Å². The quantitative estimate of drug-likeness (QED) is 0.214. The van der Waals surface area contributed by atoms with E-state index in [2.05, 4.69) is 4.74 Å². The third-order valence-electron chi connectivity index (χ3n) is 4.68. The molecule has 1 heterocycles. The molecule has 1 aliphatic rings. The molecule has 33 heavy (non-hydrogen) atoms. The van der Waals surface area contributed by atoms with Crippen LogP contribution in [0.3, 0.4) is 0 Å². The van der Waals surface area contributed by atoms with Crippen molar-refractivity contribution in [2.45, 2.75) is 30.9 Å². The molecule has 0 spiro atoms. The molecule has 2 aromatic rings. The van der Waals surface area contributed by atoms with Gasteiger partial charge in [-0.15, -0.1) is 0 Å². The Morgan fingerprint density at radius 3 is 2.03 bits per heavy atom. The molecule has 13 nitrogen and oxygen atoms in total. The van der Waals surface area contributed by atoms with Crippen LogP contribution in [0.1, 0.15) is 20.7 Å². The summed E-state index contributed by atoms with van der Waals surface area (Å²) in [6.07, 6.45) is -9.24. The SMILES string of the molecule is COC(=O)c1cc(OC2OC(OC(=O)c3cc(O)c(O)c(O)c3)C(O)C(O)C2O)ccc1O. The Morgan fingerprint density at radius 1 is 0.818 bits per heavy atom. The van der Waals surface area contributed by atoms with Crippen molar-refractivity contribution in [2.75, 3.05) is 7.11 Å². The van der Waals surface area contributed by atoms with E-state index in [9.17, 15) is 45.3 Å². The number of esters is 2. The highest BCUT2D eigenvalue weighted by atomic mass is 16.8. The Balaban J connectivity index is 1.79. The number of aliphatic hydroxyl groups excluding tert-OH is 3. The van der Waals surface area contributed by atoms with Crippen LogP contribution in [0.4, 0.5) is 0 Å². The lowest BCUT2D eigenvalue weighted by Gasteiger charge is -2.39. The van der Waals surface area contributed by atoms with Gasteiger partial charge >= 0.3 is 11.9 Å². The molecule has 5 atom stereocenters. The molecule has 0 aromatic heterocycles. The topological polar surface area (TPSA) is 213 Å². The molecule has 5 unspecified atom stereocenters. The average molecular weight is 468 g/mol. The second-order valence-corrected chi connectivity index (χ2v) is 6.90. The van der Waals surface area contributed by atoms with E-state index >= 15 is 0 Å². The predicted octanol–water partition coefficient (Wildman–Crippen LogP) is -0.704. The number of carbonyl (C=O) groups is 2. The Bertz CT molecular complexity index is 1030. The fourth-order valence-electron chi connectivity index (χ4n) is 2.90. The van der Waals surface area contributed by atoms with E-state index < -0.39 is 71.4 Å². The van der Waals surface area contributed by atoms with Crippen LogP contribution in [-0.4, -0.2) is 85.7 Å². The lowest BCUT2D eigenvalue weighted by Crippen LogP contribution is -2.60.